The monoisotopic (exact) mass is 257 g/mol. The molecule has 1 aromatic carbocycles. The number of rotatable bonds is 5. The molecule has 5 nitrogen and oxygen atoms in total. The predicted octanol–water partition coefficient (Wildman–Crippen LogP) is 1.48. The van der Waals surface area contributed by atoms with Crippen molar-refractivity contribution in [3.63, 3.8) is 0 Å². The Labute approximate surface area is 110 Å². The standard InChI is InChI=1S/C14H13N2O3/c17-14(11-16(18)19)13-6-8-15(9-7-13)10-12-4-2-1-3-5-12/h1-9H,10-11H2/q+1. The van der Waals surface area contributed by atoms with Crippen LogP contribution < -0.4 is 4.57 Å². The zero-order valence-electron chi connectivity index (χ0n) is 10.2. The van der Waals surface area contributed by atoms with E-state index in [0.717, 1.165) is 5.56 Å². The normalized spacial score (nSPS) is 10.1. The molecule has 0 saturated carbocycles. The van der Waals surface area contributed by atoms with E-state index in [1.807, 2.05) is 34.9 Å². The minimum atomic E-state index is -0.664. The van der Waals surface area contributed by atoms with Crippen LogP contribution in [0.3, 0.4) is 0 Å². The van der Waals surface area contributed by atoms with Gasteiger partial charge >= 0.3 is 0 Å². The van der Waals surface area contributed by atoms with Gasteiger partial charge in [0.25, 0.3) is 6.54 Å². The van der Waals surface area contributed by atoms with Gasteiger partial charge in [0.15, 0.2) is 18.9 Å². The van der Waals surface area contributed by atoms with Gasteiger partial charge in [-0.1, -0.05) is 30.3 Å². The van der Waals surface area contributed by atoms with E-state index in [4.69, 9.17) is 0 Å². The molecule has 0 bridgehead atoms. The summed E-state index contributed by atoms with van der Waals surface area (Å²) in [6, 6.07) is 13.1. The van der Waals surface area contributed by atoms with Crippen LogP contribution in [0.25, 0.3) is 0 Å². The van der Waals surface area contributed by atoms with Gasteiger partial charge < -0.3 is 0 Å². The summed E-state index contributed by atoms with van der Waals surface area (Å²) < 4.78 is 1.91. The predicted molar refractivity (Wildman–Crippen MR) is 68.4 cm³/mol. The molecule has 2 aromatic rings. The summed E-state index contributed by atoms with van der Waals surface area (Å²) in [6.07, 6.45) is 3.50. The number of carbonyl (C=O) groups excluding carboxylic acids is 1. The molecule has 0 aliphatic rings. The highest BCUT2D eigenvalue weighted by Gasteiger charge is 2.13. The van der Waals surface area contributed by atoms with Crippen LogP contribution in [0.4, 0.5) is 0 Å². The first kappa shape index (κ1) is 12.9. The van der Waals surface area contributed by atoms with E-state index in [-0.39, 0.29) is 0 Å². The van der Waals surface area contributed by atoms with Crippen molar-refractivity contribution >= 4 is 5.78 Å². The van der Waals surface area contributed by atoms with Crippen molar-refractivity contribution < 1.29 is 14.3 Å². The molecule has 5 heteroatoms. The van der Waals surface area contributed by atoms with Crippen LogP contribution in [0.5, 0.6) is 0 Å². The highest BCUT2D eigenvalue weighted by molar-refractivity contribution is 5.96. The zero-order chi connectivity index (χ0) is 13.7. The van der Waals surface area contributed by atoms with Gasteiger partial charge in [-0.3, -0.25) is 14.9 Å². The van der Waals surface area contributed by atoms with Gasteiger partial charge in [0.2, 0.25) is 5.78 Å². The molecule has 19 heavy (non-hydrogen) atoms. The van der Waals surface area contributed by atoms with Crippen LogP contribution in [-0.2, 0) is 6.54 Å². The molecular formula is C14H13N2O3+. The first-order chi connectivity index (χ1) is 9.15. The van der Waals surface area contributed by atoms with Crippen LogP contribution in [0, 0.1) is 10.1 Å². The van der Waals surface area contributed by atoms with E-state index < -0.39 is 17.3 Å². The molecular weight excluding hydrogens is 244 g/mol. The molecule has 2 rings (SSSR count). The largest absolute Gasteiger partial charge is 0.287 e. The number of nitrogens with zero attached hydrogens (tertiary/aromatic N) is 2. The lowest BCUT2D eigenvalue weighted by Crippen LogP contribution is -2.33. The fourth-order valence-electron chi connectivity index (χ4n) is 1.75. The van der Waals surface area contributed by atoms with Gasteiger partial charge in [0.1, 0.15) is 0 Å². The molecule has 0 atom stereocenters. The lowest BCUT2D eigenvalue weighted by atomic mass is 10.1. The van der Waals surface area contributed by atoms with Crippen molar-refractivity contribution in [2.24, 2.45) is 0 Å². The summed E-state index contributed by atoms with van der Waals surface area (Å²) >= 11 is 0. The van der Waals surface area contributed by atoms with Gasteiger partial charge in [0, 0.05) is 28.2 Å². The number of Topliss-reactive ketones (excluding diaryl/α,β-unsaturated/α-hetero) is 1. The summed E-state index contributed by atoms with van der Waals surface area (Å²) in [7, 11) is 0. The molecule has 0 unspecified atom stereocenters. The van der Waals surface area contributed by atoms with E-state index in [0.29, 0.717) is 12.1 Å². The molecule has 0 spiro atoms. The third kappa shape index (κ3) is 3.70. The van der Waals surface area contributed by atoms with Crippen LogP contribution in [-0.4, -0.2) is 17.3 Å². The summed E-state index contributed by atoms with van der Waals surface area (Å²) in [5.41, 5.74) is 1.51. The fourth-order valence-corrected chi connectivity index (χ4v) is 1.75. The third-order valence-electron chi connectivity index (χ3n) is 2.69. The maximum absolute atomic E-state index is 11.5. The second-order valence-electron chi connectivity index (χ2n) is 4.16. The Balaban J connectivity index is 2.06. The van der Waals surface area contributed by atoms with Crippen molar-refractivity contribution in [1.29, 1.82) is 0 Å². The lowest BCUT2D eigenvalue weighted by molar-refractivity contribution is -0.688. The highest BCUT2D eigenvalue weighted by atomic mass is 16.6. The minimum absolute atomic E-state index is 0.362. The van der Waals surface area contributed by atoms with Crippen molar-refractivity contribution in [3.05, 3.63) is 76.1 Å². The molecule has 96 valence electrons. The van der Waals surface area contributed by atoms with Gasteiger partial charge in [-0.2, -0.15) is 0 Å². The number of carbonyl (C=O) groups is 1. The number of ketones is 1. The SMILES string of the molecule is O=C(C[N+](=O)[O-])c1cc[n+](Cc2ccccc2)cc1. The fraction of sp³-hybridized carbons (Fsp3) is 0.143. The average molecular weight is 257 g/mol. The molecule has 0 saturated heterocycles. The Morgan fingerprint density at radius 1 is 1.11 bits per heavy atom. The van der Waals surface area contributed by atoms with E-state index in [9.17, 15) is 14.9 Å². The molecule has 0 radical (unpaired) electrons. The first-order valence-electron chi connectivity index (χ1n) is 5.83. The molecule has 0 amide bonds. The van der Waals surface area contributed by atoms with Gasteiger partial charge in [-0.15, -0.1) is 0 Å². The molecule has 1 heterocycles. The van der Waals surface area contributed by atoms with Gasteiger partial charge in [0.05, 0.1) is 0 Å². The summed E-state index contributed by atoms with van der Waals surface area (Å²) in [4.78, 5) is 21.1. The summed E-state index contributed by atoms with van der Waals surface area (Å²) in [5.74, 6) is -0.475. The minimum Gasteiger partial charge on any atom is -0.287 e. The van der Waals surface area contributed by atoms with Crippen molar-refractivity contribution in [2.75, 3.05) is 6.54 Å². The van der Waals surface area contributed by atoms with E-state index in [1.54, 1.807) is 24.5 Å². The highest BCUT2D eigenvalue weighted by Crippen LogP contribution is 2.00. The number of hydrogen-bond donors (Lipinski definition) is 0. The number of benzene rings is 1. The van der Waals surface area contributed by atoms with E-state index in [2.05, 4.69) is 0 Å². The number of hydrogen-bond acceptors (Lipinski definition) is 3. The Morgan fingerprint density at radius 3 is 2.32 bits per heavy atom. The molecule has 0 fully saturated rings. The van der Waals surface area contributed by atoms with E-state index in [1.165, 1.54) is 0 Å². The number of aromatic nitrogens is 1. The smallest absolute Gasteiger partial charge is 0.265 e. The second-order valence-corrected chi connectivity index (χ2v) is 4.16. The van der Waals surface area contributed by atoms with Crippen LogP contribution >= 0.6 is 0 Å². The van der Waals surface area contributed by atoms with Crippen molar-refractivity contribution in [1.82, 2.24) is 0 Å². The Morgan fingerprint density at radius 2 is 1.74 bits per heavy atom. The van der Waals surface area contributed by atoms with Crippen molar-refractivity contribution in [2.45, 2.75) is 6.54 Å². The molecule has 0 aliphatic carbocycles. The average Bonchev–Trinajstić information content (AvgIpc) is 2.40. The van der Waals surface area contributed by atoms with Crippen LogP contribution in [0.15, 0.2) is 54.9 Å². The lowest BCUT2D eigenvalue weighted by Gasteiger charge is -1.99. The third-order valence-corrected chi connectivity index (χ3v) is 2.69. The Bertz CT molecular complexity index is 579. The topological polar surface area (TPSA) is 64.1 Å². The maximum atomic E-state index is 11.5. The quantitative estimate of drug-likeness (QED) is 0.353. The van der Waals surface area contributed by atoms with Crippen molar-refractivity contribution in [3.8, 4) is 0 Å². The Hall–Kier alpha value is -2.56. The van der Waals surface area contributed by atoms with Gasteiger partial charge in [-0.05, 0) is 0 Å². The van der Waals surface area contributed by atoms with Crippen LogP contribution in [0.2, 0.25) is 0 Å². The zero-order valence-corrected chi connectivity index (χ0v) is 10.2. The first-order valence-corrected chi connectivity index (χ1v) is 5.83. The number of nitro groups is 1. The summed E-state index contributed by atoms with van der Waals surface area (Å²) in [5, 5.41) is 10.3. The second kappa shape index (κ2) is 5.86. The summed E-state index contributed by atoms with van der Waals surface area (Å²) in [6.45, 7) is 0.0350. The maximum Gasteiger partial charge on any atom is 0.265 e. The Kier molecular flexibility index (Phi) is 3.97. The molecule has 0 aliphatic heterocycles. The van der Waals surface area contributed by atoms with E-state index >= 15 is 0 Å². The number of pyridine rings is 1. The molecule has 1 aromatic heterocycles. The van der Waals surface area contributed by atoms with Crippen LogP contribution in [0.1, 0.15) is 15.9 Å². The molecule has 0 N–H and O–H groups in total. The van der Waals surface area contributed by atoms with Gasteiger partial charge in [-0.25, -0.2) is 4.57 Å².